The Labute approximate surface area is 105 Å². The van der Waals surface area contributed by atoms with Crippen LogP contribution in [-0.4, -0.2) is 28.7 Å². The predicted octanol–water partition coefficient (Wildman–Crippen LogP) is 3.30. The van der Waals surface area contributed by atoms with Crippen molar-refractivity contribution in [3.05, 3.63) is 17.5 Å². The van der Waals surface area contributed by atoms with Gasteiger partial charge in [0.25, 0.3) is 0 Å². The minimum Gasteiger partial charge on any atom is -0.302 e. The Balaban J connectivity index is 2.00. The summed E-state index contributed by atoms with van der Waals surface area (Å²) in [4.78, 5) is 2.39. The van der Waals surface area contributed by atoms with E-state index in [9.17, 15) is 0 Å². The molecule has 2 rings (SSSR count). The number of nitrogens with one attached hydrogen (secondary N) is 1. The van der Waals surface area contributed by atoms with Crippen molar-refractivity contribution >= 4 is 0 Å². The highest BCUT2D eigenvalue weighted by molar-refractivity contribution is 5.20. The molecule has 1 aromatic rings. The second-order valence-corrected chi connectivity index (χ2v) is 5.38. The number of rotatable bonds is 5. The van der Waals surface area contributed by atoms with E-state index in [0.717, 1.165) is 19.0 Å². The van der Waals surface area contributed by atoms with Crippen LogP contribution in [0.2, 0.25) is 0 Å². The Kier molecular flexibility index (Phi) is 4.60. The Hall–Kier alpha value is -0.830. The van der Waals surface area contributed by atoms with Crippen LogP contribution in [0.25, 0.3) is 0 Å². The third-order valence-corrected chi connectivity index (χ3v) is 3.81. The zero-order chi connectivity index (χ0) is 12.1. The van der Waals surface area contributed by atoms with Crippen molar-refractivity contribution in [3.63, 3.8) is 0 Å². The summed E-state index contributed by atoms with van der Waals surface area (Å²) in [7, 11) is 2.20. The maximum absolute atomic E-state index is 4.26. The summed E-state index contributed by atoms with van der Waals surface area (Å²) in [6.07, 6.45) is 10.1. The van der Waals surface area contributed by atoms with Gasteiger partial charge < -0.3 is 4.90 Å². The van der Waals surface area contributed by atoms with Crippen LogP contribution < -0.4 is 0 Å². The number of aromatic amines is 1. The van der Waals surface area contributed by atoms with Crippen molar-refractivity contribution in [1.82, 2.24) is 15.1 Å². The Bertz CT molecular complexity index is 326. The lowest BCUT2D eigenvalue weighted by Crippen LogP contribution is -2.19. The van der Waals surface area contributed by atoms with E-state index < -0.39 is 0 Å². The van der Waals surface area contributed by atoms with Crippen LogP contribution in [0.3, 0.4) is 0 Å². The quantitative estimate of drug-likeness (QED) is 0.849. The van der Waals surface area contributed by atoms with Crippen LogP contribution in [0.4, 0.5) is 0 Å². The average molecular weight is 235 g/mol. The third kappa shape index (κ3) is 3.32. The zero-order valence-electron chi connectivity index (χ0n) is 11.2. The topological polar surface area (TPSA) is 31.9 Å². The van der Waals surface area contributed by atoms with Crippen LogP contribution in [0.5, 0.6) is 0 Å². The maximum atomic E-state index is 4.26. The molecule has 0 unspecified atom stereocenters. The maximum Gasteiger partial charge on any atom is 0.0535 e. The second kappa shape index (κ2) is 6.20. The van der Waals surface area contributed by atoms with Crippen molar-refractivity contribution in [2.45, 2.75) is 57.9 Å². The number of H-pyrrole nitrogens is 1. The molecule has 0 amide bonds. The molecule has 1 heterocycles. The lowest BCUT2D eigenvalue weighted by atomic mass is 9.85. The molecule has 96 valence electrons. The standard InChI is InChI=1S/C14H25N3/c1-3-9-17(2)11-13-10-15-16-14(13)12-7-5-4-6-8-12/h10,12H,3-9,11H2,1-2H3,(H,15,16). The van der Waals surface area contributed by atoms with Crippen LogP contribution in [0, 0.1) is 0 Å². The summed E-state index contributed by atoms with van der Waals surface area (Å²) in [6.45, 7) is 4.43. The first kappa shape index (κ1) is 12.6. The SMILES string of the molecule is CCCN(C)Cc1cn[nH]c1C1CCCCC1. The molecular formula is C14H25N3. The fraction of sp³-hybridized carbons (Fsp3) is 0.786. The Morgan fingerprint density at radius 3 is 2.82 bits per heavy atom. The largest absolute Gasteiger partial charge is 0.302 e. The van der Waals surface area contributed by atoms with Gasteiger partial charge in [0.1, 0.15) is 0 Å². The third-order valence-electron chi connectivity index (χ3n) is 3.81. The molecular weight excluding hydrogens is 210 g/mol. The summed E-state index contributed by atoms with van der Waals surface area (Å²) in [5, 5.41) is 7.51. The van der Waals surface area contributed by atoms with E-state index in [1.54, 1.807) is 0 Å². The molecule has 1 saturated carbocycles. The summed E-state index contributed by atoms with van der Waals surface area (Å²) < 4.78 is 0. The van der Waals surface area contributed by atoms with Gasteiger partial charge in [0.05, 0.1) is 6.20 Å². The number of nitrogens with zero attached hydrogens (tertiary/aromatic N) is 2. The molecule has 0 bridgehead atoms. The van der Waals surface area contributed by atoms with Gasteiger partial charge in [0, 0.05) is 23.7 Å². The van der Waals surface area contributed by atoms with Crippen molar-refractivity contribution in [3.8, 4) is 0 Å². The molecule has 0 spiro atoms. The molecule has 0 aromatic carbocycles. The molecule has 1 fully saturated rings. The molecule has 0 radical (unpaired) electrons. The van der Waals surface area contributed by atoms with Crippen molar-refractivity contribution in [2.75, 3.05) is 13.6 Å². The second-order valence-electron chi connectivity index (χ2n) is 5.38. The molecule has 1 aliphatic rings. The first-order valence-electron chi connectivity index (χ1n) is 7.02. The molecule has 0 aliphatic heterocycles. The number of hydrogen-bond acceptors (Lipinski definition) is 2. The molecule has 0 atom stereocenters. The first-order valence-corrected chi connectivity index (χ1v) is 7.02. The minimum absolute atomic E-state index is 0.733. The van der Waals surface area contributed by atoms with Crippen LogP contribution in [-0.2, 0) is 6.54 Å². The van der Waals surface area contributed by atoms with E-state index >= 15 is 0 Å². The smallest absolute Gasteiger partial charge is 0.0535 e. The molecule has 1 N–H and O–H groups in total. The fourth-order valence-corrected chi connectivity index (χ4v) is 2.94. The highest BCUT2D eigenvalue weighted by Gasteiger charge is 2.20. The van der Waals surface area contributed by atoms with Crippen LogP contribution >= 0.6 is 0 Å². The zero-order valence-corrected chi connectivity index (χ0v) is 11.2. The Morgan fingerprint density at radius 1 is 1.35 bits per heavy atom. The average Bonchev–Trinajstić information content (AvgIpc) is 2.78. The fourth-order valence-electron chi connectivity index (χ4n) is 2.94. The van der Waals surface area contributed by atoms with E-state index in [4.69, 9.17) is 0 Å². The molecule has 3 heteroatoms. The lowest BCUT2D eigenvalue weighted by molar-refractivity contribution is 0.324. The van der Waals surface area contributed by atoms with Gasteiger partial charge in [-0.3, -0.25) is 5.10 Å². The predicted molar refractivity (Wildman–Crippen MR) is 71.0 cm³/mol. The molecule has 1 aromatic heterocycles. The number of aromatic nitrogens is 2. The molecule has 1 aliphatic carbocycles. The van der Waals surface area contributed by atoms with Gasteiger partial charge in [-0.15, -0.1) is 0 Å². The highest BCUT2D eigenvalue weighted by atomic mass is 15.1. The van der Waals surface area contributed by atoms with E-state index in [-0.39, 0.29) is 0 Å². The van der Waals surface area contributed by atoms with Crippen molar-refractivity contribution in [1.29, 1.82) is 0 Å². The molecule has 17 heavy (non-hydrogen) atoms. The Morgan fingerprint density at radius 2 is 2.12 bits per heavy atom. The van der Waals surface area contributed by atoms with Gasteiger partial charge in [-0.05, 0) is 32.9 Å². The van der Waals surface area contributed by atoms with Gasteiger partial charge in [-0.2, -0.15) is 5.10 Å². The molecule has 0 saturated heterocycles. The minimum atomic E-state index is 0.733. The van der Waals surface area contributed by atoms with Crippen molar-refractivity contribution in [2.24, 2.45) is 0 Å². The van der Waals surface area contributed by atoms with Gasteiger partial charge in [-0.1, -0.05) is 26.2 Å². The van der Waals surface area contributed by atoms with E-state index in [2.05, 4.69) is 29.1 Å². The van der Waals surface area contributed by atoms with Crippen LogP contribution in [0.1, 0.15) is 62.6 Å². The monoisotopic (exact) mass is 235 g/mol. The summed E-state index contributed by atoms with van der Waals surface area (Å²) in [5.74, 6) is 0.733. The lowest BCUT2D eigenvalue weighted by Gasteiger charge is -2.23. The van der Waals surface area contributed by atoms with Gasteiger partial charge >= 0.3 is 0 Å². The van der Waals surface area contributed by atoms with Crippen LogP contribution in [0.15, 0.2) is 6.20 Å². The highest BCUT2D eigenvalue weighted by Crippen LogP contribution is 2.33. The van der Waals surface area contributed by atoms with Crippen molar-refractivity contribution < 1.29 is 0 Å². The van der Waals surface area contributed by atoms with Gasteiger partial charge in [0.2, 0.25) is 0 Å². The van der Waals surface area contributed by atoms with E-state index in [0.29, 0.717) is 0 Å². The first-order chi connectivity index (χ1) is 8.31. The molecule has 3 nitrogen and oxygen atoms in total. The summed E-state index contributed by atoms with van der Waals surface area (Å²) in [6, 6.07) is 0. The summed E-state index contributed by atoms with van der Waals surface area (Å²) in [5.41, 5.74) is 2.82. The van der Waals surface area contributed by atoms with Gasteiger partial charge in [0.15, 0.2) is 0 Å². The van der Waals surface area contributed by atoms with Gasteiger partial charge in [-0.25, -0.2) is 0 Å². The normalized spacial score (nSPS) is 17.8. The van der Waals surface area contributed by atoms with E-state index in [1.807, 2.05) is 6.20 Å². The van der Waals surface area contributed by atoms with E-state index in [1.165, 1.54) is 49.8 Å². The number of hydrogen-bond donors (Lipinski definition) is 1. The summed E-state index contributed by atoms with van der Waals surface area (Å²) >= 11 is 0.